The lowest BCUT2D eigenvalue weighted by atomic mass is 10.1. The Balaban J connectivity index is 1.71. The molecule has 0 unspecified atom stereocenters. The summed E-state index contributed by atoms with van der Waals surface area (Å²) in [5.41, 5.74) is 1.45. The van der Waals surface area contributed by atoms with Crippen molar-refractivity contribution in [1.82, 2.24) is 15.2 Å². The van der Waals surface area contributed by atoms with E-state index in [0.29, 0.717) is 16.7 Å². The third-order valence-electron chi connectivity index (χ3n) is 3.11. The fraction of sp³-hybridized carbons (Fsp3) is 0.125. The van der Waals surface area contributed by atoms with E-state index in [-0.39, 0.29) is 11.0 Å². The molecule has 0 N–H and O–H groups in total. The lowest BCUT2D eigenvalue weighted by molar-refractivity contribution is 0.0993. The highest BCUT2D eigenvalue weighted by Crippen LogP contribution is 2.27. The van der Waals surface area contributed by atoms with Gasteiger partial charge in [0.1, 0.15) is 0 Å². The Bertz CT molecular complexity index is 806. The Morgan fingerprint density at radius 1 is 1.13 bits per heavy atom. The third kappa shape index (κ3) is 3.86. The van der Waals surface area contributed by atoms with E-state index in [2.05, 4.69) is 31.1 Å². The molecule has 0 amide bonds. The molecule has 2 aromatic heterocycles. The molecular formula is C16H12BrN3O2S. The van der Waals surface area contributed by atoms with Gasteiger partial charge >= 0.3 is 0 Å². The average molecular weight is 390 g/mol. The maximum absolute atomic E-state index is 12.4. The van der Waals surface area contributed by atoms with Crippen LogP contribution in [0.2, 0.25) is 0 Å². The van der Waals surface area contributed by atoms with Gasteiger partial charge in [0.15, 0.2) is 5.78 Å². The van der Waals surface area contributed by atoms with Crippen molar-refractivity contribution in [3.63, 3.8) is 0 Å². The number of rotatable bonds is 5. The number of Topliss-reactive ketones (excluding diaryl/α,β-unsaturated/α-hetero) is 1. The molecule has 0 radical (unpaired) electrons. The molecule has 0 spiro atoms. The van der Waals surface area contributed by atoms with E-state index in [4.69, 9.17) is 4.42 Å². The van der Waals surface area contributed by atoms with Gasteiger partial charge in [-0.3, -0.25) is 9.78 Å². The number of halogens is 1. The van der Waals surface area contributed by atoms with E-state index in [1.54, 1.807) is 36.7 Å². The van der Waals surface area contributed by atoms with Crippen molar-refractivity contribution < 1.29 is 9.21 Å². The molecule has 0 bridgehead atoms. The molecule has 2 heterocycles. The van der Waals surface area contributed by atoms with Gasteiger partial charge in [0.05, 0.1) is 5.25 Å². The van der Waals surface area contributed by atoms with Gasteiger partial charge in [0.2, 0.25) is 5.89 Å². The first-order valence-electron chi connectivity index (χ1n) is 6.84. The van der Waals surface area contributed by atoms with E-state index in [1.807, 2.05) is 19.1 Å². The maximum Gasteiger partial charge on any atom is 0.277 e. The smallest absolute Gasteiger partial charge is 0.277 e. The molecule has 5 nitrogen and oxygen atoms in total. The largest absolute Gasteiger partial charge is 0.411 e. The molecule has 1 aromatic carbocycles. The van der Waals surface area contributed by atoms with Gasteiger partial charge in [0, 0.05) is 28.0 Å². The lowest BCUT2D eigenvalue weighted by Crippen LogP contribution is -2.13. The van der Waals surface area contributed by atoms with Crippen LogP contribution >= 0.6 is 27.7 Å². The Morgan fingerprint density at radius 3 is 2.52 bits per heavy atom. The predicted octanol–water partition coefficient (Wildman–Crippen LogP) is 4.26. The molecule has 0 aliphatic rings. The highest BCUT2D eigenvalue weighted by molar-refractivity contribution is 9.10. The van der Waals surface area contributed by atoms with Crippen molar-refractivity contribution >= 4 is 33.5 Å². The van der Waals surface area contributed by atoms with Crippen molar-refractivity contribution in [3.05, 3.63) is 58.8 Å². The number of hydrogen-bond acceptors (Lipinski definition) is 6. The van der Waals surface area contributed by atoms with Crippen LogP contribution < -0.4 is 0 Å². The Morgan fingerprint density at radius 2 is 1.83 bits per heavy atom. The number of carbonyl (C=O) groups excluding carboxylic acids is 1. The topological polar surface area (TPSA) is 68.9 Å². The number of nitrogens with zero attached hydrogens (tertiary/aromatic N) is 3. The molecule has 3 rings (SSSR count). The van der Waals surface area contributed by atoms with Crippen LogP contribution in [0.3, 0.4) is 0 Å². The van der Waals surface area contributed by atoms with Crippen LogP contribution in [0.5, 0.6) is 0 Å². The van der Waals surface area contributed by atoms with Crippen LogP contribution in [0, 0.1) is 0 Å². The van der Waals surface area contributed by atoms with E-state index >= 15 is 0 Å². The van der Waals surface area contributed by atoms with Crippen LogP contribution in [0.25, 0.3) is 11.5 Å². The monoisotopic (exact) mass is 389 g/mol. The molecule has 23 heavy (non-hydrogen) atoms. The highest BCUT2D eigenvalue weighted by atomic mass is 79.9. The van der Waals surface area contributed by atoms with Gasteiger partial charge in [-0.1, -0.05) is 39.8 Å². The van der Waals surface area contributed by atoms with Gasteiger partial charge in [-0.15, -0.1) is 10.2 Å². The van der Waals surface area contributed by atoms with E-state index in [1.165, 1.54) is 11.8 Å². The van der Waals surface area contributed by atoms with E-state index in [0.717, 1.165) is 10.0 Å². The second kappa shape index (κ2) is 7.06. The summed E-state index contributed by atoms with van der Waals surface area (Å²) in [5.74, 6) is 0.435. The van der Waals surface area contributed by atoms with Gasteiger partial charge in [-0.05, 0) is 31.2 Å². The summed E-state index contributed by atoms with van der Waals surface area (Å²) in [4.78, 5) is 16.3. The number of pyridine rings is 1. The number of carbonyl (C=O) groups is 1. The standard InChI is InChI=1S/C16H12BrN3O2S/c1-10(14(21)11-2-4-13(17)5-3-11)23-16-20-19-15(22-16)12-6-8-18-9-7-12/h2-10H,1H3/t10-/m1/s1. The zero-order chi connectivity index (χ0) is 16.2. The summed E-state index contributed by atoms with van der Waals surface area (Å²) in [7, 11) is 0. The first kappa shape index (κ1) is 15.9. The number of thioether (sulfide) groups is 1. The predicted molar refractivity (Wildman–Crippen MR) is 91.3 cm³/mol. The molecule has 7 heteroatoms. The summed E-state index contributed by atoms with van der Waals surface area (Å²) in [6, 6.07) is 10.9. The summed E-state index contributed by atoms with van der Waals surface area (Å²) >= 11 is 4.61. The number of hydrogen-bond donors (Lipinski definition) is 0. The Kier molecular flexibility index (Phi) is 4.88. The average Bonchev–Trinajstić information content (AvgIpc) is 3.04. The number of aromatic nitrogens is 3. The molecule has 116 valence electrons. The van der Waals surface area contributed by atoms with Gasteiger partial charge in [0.25, 0.3) is 5.22 Å². The van der Waals surface area contributed by atoms with Gasteiger partial charge in [-0.25, -0.2) is 0 Å². The van der Waals surface area contributed by atoms with Crippen LogP contribution in [0.1, 0.15) is 17.3 Å². The van der Waals surface area contributed by atoms with E-state index < -0.39 is 0 Å². The second-order valence-electron chi connectivity index (χ2n) is 4.74. The number of benzene rings is 1. The molecule has 3 aromatic rings. The van der Waals surface area contributed by atoms with Crippen molar-refractivity contribution in [2.24, 2.45) is 0 Å². The van der Waals surface area contributed by atoms with Crippen molar-refractivity contribution in [2.75, 3.05) is 0 Å². The summed E-state index contributed by atoms with van der Waals surface area (Å²) in [6.45, 7) is 1.82. The first-order chi connectivity index (χ1) is 11.1. The van der Waals surface area contributed by atoms with Crippen LogP contribution in [-0.4, -0.2) is 26.2 Å². The van der Waals surface area contributed by atoms with Gasteiger partial charge < -0.3 is 4.42 Å². The summed E-state index contributed by atoms with van der Waals surface area (Å²) in [5, 5.41) is 8.04. The molecule has 0 saturated carbocycles. The Labute approximate surface area is 145 Å². The Hall–Kier alpha value is -1.99. The van der Waals surface area contributed by atoms with Crippen LogP contribution in [-0.2, 0) is 0 Å². The van der Waals surface area contributed by atoms with Crippen molar-refractivity contribution in [3.8, 4) is 11.5 Å². The van der Waals surface area contributed by atoms with Crippen molar-refractivity contribution in [2.45, 2.75) is 17.4 Å². The van der Waals surface area contributed by atoms with Crippen LogP contribution in [0.4, 0.5) is 0 Å². The first-order valence-corrected chi connectivity index (χ1v) is 8.51. The molecule has 0 aliphatic carbocycles. The quantitative estimate of drug-likeness (QED) is 0.479. The van der Waals surface area contributed by atoms with Crippen LogP contribution in [0.15, 0.2) is 62.9 Å². The van der Waals surface area contributed by atoms with Gasteiger partial charge in [-0.2, -0.15) is 0 Å². The minimum Gasteiger partial charge on any atom is -0.411 e. The minimum absolute atomic E-state index is 0.0196. The SMILES string of the molecule is C[C@@H](Sc1nnc(-c2ccncc2)o1)C(=O)c1ccc(Br)cc1. The summed E-state index contributed by atoms with van der Waals surface area (Å²) in [6.07, 6.45) is 3.32. The normalized spacial score (nSPS) is 12.1. The lowest BCUT2D eigenvalue weighted by Gasteiger charge is -2.07. The molecule has 1 atom stereocenters. The second-order valence-corrected chi connectivity index (χ2v) is 6.95. The minimum atomic E-state index is -0.318. The van der Waals surface area contributed by atoms with Crippen molar-refractivity contribution in [1.29, 1.82) is 0 Å². The highest BCUT2D eigenvalue weighted by Gasteiger charge is 2.20. The maximum atomic E-state index is 12.4. The molecule has 0 saturated heterocycles. The fourth-order valence-corrected chi connectivity index (χ4v) is 2.95. The molecule has 0 aliphatic heterocycles. The summed E-state index contributed by atoms with van der Waals surface area (Å²) < 4.78 is 6.54. The van der Waals surface area contributed by atoms with E-state index in [9.17, 15) is 4.79 Å². The molecule has 0 fully saturated rings. The zero-order valence-corrected chi connectivity index (χ0v) is 14.5. The number of ketones is 1. The third-order valence-corrected chi connectivity index (χ3v) is 4.57. The zero-order valence-electron chi connectivity index (χ0n) is 12.1. The molecular weight excluding hydrogens is 378 g/mol. The fourth-order valence-electron chi connectivity index (χ4n) is 1.92.